The van der Waals surface area contributed by atoms with Gasteiger partial charge in [-0.1, -0.05) is 104 Å². The molecule has 43 heavy (non-hydrogen) atoms. The van der Waals surface area contributed by atoms with Crippen molar-refractivity contribution in [1.82, 2.24) is 9.97 Å². The molecule has 6 rings (SSSR count). The fraction of sp³-hybridized carbons (Fsp3) is 0.128. The largest absolute Gasteiger partial charge is 0.305 e. The van der Waals surface area contributed by atoms with E-state index < -0.39 is 8.07 Å². The molecule has 0 amide bonds. The Morgan fingerprint density at radius 1 is 0.581 bits per heavy atom. The van der Waals surface area contributed by atoms with Crippen LogP contribution >= 0.6 is 0 Å². The van der Waals surface area contributed by atoms with Crippen molar-refractivity contribution >= 4 is 13.3 Å². The van der Waals surface area contributed by atoms with Crippen LogP contribution in [0.4, 0.5) is 0 Å². The van der Waals surface area contributed by atoms with Crippen molar-refractivity contribution < 1.29 is 20.1 Å². The summed E-state index contributed by atoms with van der Waals surface area (Å²) in [7, 11) is -1.36. The first-order valence-electron chi connectivity index (χ1n) is 14.4. The van der Waals surface area contributed by atoms with Gasteiger partial charge in [0.1, 0.15) is 0 Å². The smallest absolute Gasteiger partial charge is 0.0292 e. The molecular weight excluding hydrogens is 717 g/mol. The van der Waals surface area contributed by atoms with Crippen LogP contribution < -0.4 is 5.19 Å². The molecule has 0 saturated carbocycles. The van der Waals surface area contributed by atoms with Gasteiger partial charge in [0.2, 0.25) is 0 Å². The number of nitrogens with zero attached hydrogens (tertiary/aromatic N) is 2. The van der Waals surface area contributed by atoms with E-state index in [1.54, 1.807) is 0 Å². The Balaban J connectivity index is 0.000000195. The molecule has 0 bridgehead atoms. The van der Waals surface area contributed by atoms with Gasteiger partial charge in [0, 0.05) is 40.6 Å². The third-order valence-corrected chi connectivity index (χ3v) is 9.13. The Morgan fingerprint density at radius 2 is 1.23 bits per heavy atom. The molecule has 0 aliphatic carbocycles. The summed E-state index contributed by atoms with van der Waals surface area (Å²) in [4.78, 5) is 8.94. The first kappa shape index (κ1) is 32.0. The molecule has 0 N–H and O–H groups in total. The first-order chi connectivity index (χ1) is 20.5. The van der Waals surface area contributed by atoms with E-state index in [1.807, 2.05) is 54.9 Å². The third-order valence-electron chi connectivity index (χ3n) is 7.11. The summed E-state index contributed by atoms with van der Waals surface area (Å²) < 4.78 is 0. The molecule has 0 spiro atoms. The number of benzene rings is 4. The summed E-state index contributed by atoms with van der Waals surface area (Å²) in [6, 6.07) is 50.6. The molecule has 2 aromatic heterocycles. The molecule has 2 heterocycles. The van der Waals surface area contributed by atoms with Gasteiger partial charge in [-0.25, -0.2) is 0 Å². The molecule has 217 valence electrons. The Morgan fingerprint density at radius 3 is 1.86 bits per heavy atom. The number of hydrogen-bond donors (Lipinski definition) is 0. The monoisotopic (exact) mass is 753 g/mol. The summed E-state index contributed by atoms with van der Waals surface area (Å²) in [5.41, 5.74) is 9.37. The Bertz CT molecular complexity index is 1680. The quantitative estimate of drug-likeness (QED) is 0.120. The average Bonchev–Trinajstić information content (AvgIpc) is 3.03. The second-order valence-electron chi connectivity index (χ2n) is 11.4. The van der Waals surface area contributed by atoms with Crippen LogP contribution in [-0.2, 0) is 32.9 Å². The van der Waals surface area contributed by atoms with Crippen molar-refractivity contribution in [3.63, 3.8) is 0 Å². The van der Waals surface area contributed by atoms with E-state index in [9.17, 15) is 0 Å². The third kappa shape index (κ3) is 9.26. The SMILES string of the molecule is C[Si](C)(C)c1c[c-]c(-c2ccccn2)c(Cc2ccccc2)c1.[Ir].[c-]1ccccc1-c1cc(Cc2ccccc2)ccn1. The maximum atomic E-state index is 4.52. The summed E-state index contributed by atoms with van der Waals surface area (Å²) in [6.07, 6.45) is 5.57. The zero-order valence-electron chi connectivity index (χ0n) is 24.9. The molecule has 4 aromatic carbocycles. The first-order valence-corrected chi connectivity index (χ1v) is 17.9. The van der Waals surface area contributed by atoms with Crippen LogP contribution in [0, 0.1) is 12.1 Å². The van der Waals surface area contributed by atoms with Crippen molar-refractivity contribution in [2.75, 3.05) is 0 Å². The van der Waals surface area contributed by atoms with E-state index in [0.717, 1.165) is 35.4 Å². The van der Waals surface area contributed by atoms with Crippen molar-refractivity contribution in [2.24, 2.45) is 0 Å². The van der Waals surface area contributed by atoms with Gasteiger partial charge in [-0.05, 0) is 47.5 Å². The van der Waals surface area contributed by atoms with E-state index in [4.69, 9.17) is 0 Å². The second-order valence-corrected chi connectivity index (χ2v) is 16.5. The van der Waals surface area contributed by atoms with Crippen molar-refractivity contribution in [1.29, 1.82) is 0 Å². The fourth-order valence-corrected chi connectivity index (χ4v) is 5.91. The van der Waals surface area contributed by atoms with E-state index in [0.29, 0.717) is 0 Å². The van der Waals surface area contributed by atoms with E-state index in [2.05, 4.69) is 127 Å². The molecule has 6 aromatic rings. The second kappa shape index (κ2) is 15.5. The zero-order chi connectivity index (χ0) is 29.2. The van der Waals surface area contributed by atoms with Gasteiger partial charge in [0.05, 0.1) is 0 Å². The minimum atomic E-state index is -1.36. The Kier molecular flexibility index (Phi) is 11.5. The van der Waals surface area contributed by atoms with Crippen molar-refractivity contribution in [3.8, 4) is 22.5 Å². The van der Waals surface area contributed by atoms with E-state index in [1.165, 1.54) is 27.4 Å². The maximum absolute atomic E-state index is 4.52. The maximum Gasteiger partial charge on any atom is 0.0292 e. The Labute approximate surface area is 271 Å². The van der Waals surface area contributed by atoms with Gasteiger partial charge in [0.15, 0.2) is 0 Å². The molecule has 0 aliphatic rings. The topological polar surface area (TPSA) is 25.8 Å². The summed E-state index contributed by atoms with van der Waals surface area (Å²) in [5.74, 6) is 0. The van der Waals surface area contributed by atoms with Gasteiger partial charge in [0.25, 0.3) is 0 Å². The number of hydrogen-bond acceptors (Lipinski definition) is 2. The van der Waals surface area contributed by atoms with Gasteiger partial charge in [-0.15, -0.1) is 70.4 Å². The van der Waals surface area contributed by atoms with E-state index in [-0.39, 0.29) is 20.1 Å². The average molecular weight is 753 g/mol. The van der Waals surface area contributed by atoms with Gasteiger partial charge in [-0.2, -0.15) is 0 Å². The standard InChI is InChI=1S/C21H22NSi.C18H14N.Ir/c1-23(2,3)19-12-13-20(21-11-7-8-14-22-21)18(16-19)15-17-9-5-4-6-10-17;1-3-7-15(8-4-1)13-16-11-12-19-18(14-16)17-9-5-2-6-10-17;/h4-12,14,16H,15H2,1-3H3;1-9,11-12,14H,13H2;/q2*-1;. The summed E-state index contributed by atoms with van der Waals surface area (Å²) >= 11 is 0. The van der Waals surface area contributed by atoms with Crippen LogP contribution in [0.2, 0.25) is 19.6 Å². The van der Waals surface area contributed by atoms with Crippen LogP contribution in [0.25, 0.3) is 22.5 Å². The summed E-state index contributed by atoms with van der Waals surface area (Å²) in [5, 5.41) is 1.45. The normalized spacial score (nSPS) is 10.7. The van der Waals surface area contributed by atoms with E-state index >= 15 is 0 Å². The molecular formula is C39H36IrN2Si-2. The minimum Gasteiger partial charge on any atom is -0.305 e. The zero-order valence-corrected chi connectivity index (χ0v) is 28.3. The molecule has 0 saturated heterocycles. The van der Waals surface area contributed by atoms with Gasteiger partial charge < -0.3 is 9.97 Å². The number of aromatic nitrogens is 2. The molecule has 0 unspecified atom stereocenters. The minimum absolute atomic E-state index is 0. The van der Waals surface area contributed by atoms with Crippen molar-refractivity contribution in [3.05, 3.63) is 174 Å². The van der Waals surface area contributed by atoms with Crippen LogP contribution in [0.1, 0.15) is 22.3 Å². The Hall–Kier alpha value is -3.95. The molecule has 4 heteroatoms. The molecule has 0 atom stereocenters. The molecule has 0 fully saturated rings. The van der Waals surface area contributed by atoms with Crippen LogP contribution in [0.15, 0.2) is 140 Å². The number of rotatable bonds is 7. The summed E-state index contributed by atoms with van der Waals surface area (Å²) in [6.45, 7) is 7.13. The molecule has 1 radical (unpaired) electrons. The fourth-order valence-electron chi connectivity index (χ4n) is 4.80. The molecule has 2 nitrogen and oxygen atoms in total. The van der Waals surface area contributed by atoms with Crippen LogP contribution in [0.3, 0.4) is 0 Å². The van der Waals surface area contributed by atoms with Crippen LogP contribution in [0.5, 0.6) is 0 Å². The predicted molar refractivity (Wildman–Crippen MR) is 178 cm³/mol. The predicted octanol–water partition coefficient (Wildman–Crippen LogP) is 8.82. The van der Waals surface area contributed by atoms with Crippen LogP contribution in [-0.4, -0.2) is 18.0 Å². The number of pyridine rings is 2. The van der Waals surface area contributed by atoms with Gasteiger partial charge >= 0.3 is 0 Å². The molecule has 0 aliphatic heterocycles. The van der Waals surface area contributed by atoms with Gasteiger partial charge in [-0.3, -0.25) is 0 Å². The van der Waals surface area contributed by atoms with Crippen molar-refractivity contribution in [2.45, 2.75) is 32.5 Å².